The van der Waals surface area contributed by atoms with Crippen molar-refractivity contribution in [3.05, 3.63) is 64.2 Å². The minimum Gasteiger partial charge on any atom is -0.363 e. The van der Waals surface area contributed by atoms with E-state index in [4.69, 9.17) is 21.7 Å². The van der Waals surface area contributed by atoms with Crippen LogP contribution in [0.1, 0.15) is 37.8 Å². The van der Waals surface area contributed by atoms with Gasteiger partial charge in [0.25, 0.3) is 0 Å². The fourth-order valence-corrected chi connectivity index (χ4v) is 3.68. The first-order valence-electron chi connectivity index (χ1n) is 9.72. The second-order valence-electron chi connectivity index (χ2n) is 7.27. The molecule has 3 rings (SSSR count). The van der Waals surface area contributed by atoms with E-state index in [2.05, 4.69) is 24.8 Å². The van der Waals surface area contributed by atoms with Gasteiger partial charge >= 0.3 is 0 Å². The number of halogens is 3. The van der Waals surface area contributed by atoms with Crippen LogP contribution in [0.5, 0.6) is 0 Å². The molecule has 4 nitrogen and oxygen atoms in total. The summed E-state index contributed by atoms with van der Waals surface area (Å²) in [6.45, 7) is 5.67. The largest absolute Gasteiger partial charge is 0.363 e. The summed E-state index contributed by atoms with van der Waals surface area (Å²) in [5.41, 5.74) is 1.57. The summed E-state index contributed by atoms with van der Waals surface area (Å²) in [4.78, 5) is 7.87. The summed E-state index contributed by atoms with van der Waals surface area (Å²) in [5.74, 6) is -1.19. The van der Waals surface area contributed by atoms with Crippen molar-refractivity contribution in [2.24, 2.45) is 0 Å². The molecule has 154 valence electrons. The van der Waals surface area contributed by atoms with Gasteiger partial charge in [-0.25, -0.2) is 8.78 Å². The Morgan fingerprint density at radius 2 is 2.10 bits per heavy atom. The van der Waals surface area contributed by atoms with Crippen molar-refractivity contribution in [2.75, 3.05) is 18.1 Å². The second-order valence-corrected chi connectivity index (χ2v) is 7.68. The summed E-state index contributed by atoms with van der Waals surface area (Å²) >= 11 is 6.26. The number of nitrogens with zero attached hydrogens (tertiary/aromatic N) is 3. The number of hydroxylamine groups is 2. The topological polar surface area (TPSA) is 39.5 Å². The normalized spacial score (nSPS) is 18.3. The summed E-state index contributed by atoms with van der Waals surface area (Å²) < 4.78 is 27.7. The molecule has 0 bridgehead atoms. The zero-order valence-electron chi connectivity index (χ0n) is 16.5. The van der Waals surface area contributed by atoms with Gasteiger partial charge in [-0.3, -0.25) is 4.84 Å². The SMILES string of the molecule is CCC(C)N1C[C@@H](N(Cc2ccc(F)cc2F)c2ccc(C#N)c(Cl)c2)CCO1. The highest BCUT2D eigenvalue weighted by Crippen LogP contribution is 2.29. The van der Waals surface area contributed by atoms with Gasteiger partial charge in [0, 0.05) is 42.5 Å². The monoisotopic (exact) mass is 419 g/mol. The molecule has 0 radical (unpaired) electrons. The van der Waals surface area contributed by atoms with Crippen molar-refractivity contribution < 1.29 is 13.6 Å². The third-order valence-corrected chi connectivity index (χ3v) is 5.70. The van der Waals surface area contributed by atoms with Gasteiger partial charge in [-0.15, -0.1) is 0 Å². The molecule has 0 spiro atoms. The molecule has 0 saturated carbocycles. The maximum Gasteiger partial charge on any atom is 0.131 e. The van der Waals surface area contributed by atoms with Gasteiger partial charge in [-0.2, -0.15) is 10.3 Å². The van der Waals surface area contributed by atoms with Gasteiger partial charge in [0.15, 0.2) is 0 Å². The number of benzene rings is 2. The third-order valence-electron chi connectivity index (χ3n) is 5.38. The van der Waals surface area contributed by atoms with E-state index in [0.717, 1.165) is 24.6 Å². The molecule has 1 unspecified atom stereocenters. The molecule has 0 aromatic heterocycles. The van der Waals surface area contributed by atoms with Crippen molar-refractivity contribution >= 4 is 17.3 Å². The maximum absolute atomic E-state index is 14.4. The highest BCUT2D eigenvalue weighted by atomic mass is 35.5. The lowest BCUT2D eigenvalue weighted by atomic mass is 10.1. The molecule has 1 fully saturated rings. The Morgan fingerprint density at radius 1 is 1.31 bits per heavy atom. The molecule has 0 N–H and O–H groups in total. The first kappa shape index (κ1) is 21.5. The lowest BCUT2D eigenvalue weighted by molar-refractivity contribution is -0.207. The van der Waals surface area contributed by atoms with Gasteiger partial charge in [0.2, 0.25) is 0 Å². The zero-order valence-corrected chi connectivity index (χ0v) is 17.3. The van der Waals surface area contributed by atoms with E-state index in [1.807, 2.05) is 11.1 Å². The summed E-state index contributed by atoms with van der Waals surface area (Å²) in [7, 11) is 0. The van der Waals surface area contributed by atoms with Gasteiger partial charge < -0.3 is 4.90 Å². The maximum atomic E-state index is 14.4. The molecule has 1 heterocycles. The Hall–Kier alpha value is -2.20. The molecule has 1 saturated heterocycles. The molecule has 2 atom stereocenters. The van der Waals surface area contributed by atoms with Crippen LogP contribution in [0, 0.1) is 23.0 Å². The van der Waals surface area contributed by atoms with Crippen LogP contribution >= 0.6 is 11.6 Å². The highest BCUT2D eigenvalue weighted by molar-refractivity contribution is 6.32. The predicted molar refractivity (Wildman–Crippen MR) is 110 cm³/mol. The molecule has 2 aromatic carbocycles. The van der Waals surface area contributed by atoms with Gasteiger partial charge in [-0.1, -0.05) is 24.6 Å². The van der Waals surface area contributed by atoms with Crippen LogP contribution in [-0.2, 0) is 11.4 Å². The second kappa shape index (κ2) is 9.53. The zero-order chi connectivity index (χ0) is 21.0. The van der Waals surface area contributed by atoms with E-state index in [1.54, 1.807) is 12.1 Å². The van der Waals surface area contributed by atoms with E-state index in [9.17, 15) is 8.78 Å². The Kier molecular flexibility index (Phi) is 7.07. The van der Waals surface area contributed by atoms with Crippen molar-refractivity contribution in [1.29, 1.82) is 5.26 Å². The lowest BCUT2D eigenvalue weighted by Gasteiger charge is -2.42. The van der Waals surface area contributed by atoms with Crippen LogP contribution in [-0.4, -0.2) is 30.3 Å². The minimum atomic E-state index is -0.603. The number of hydrogen-bond donors (Lipinski definition) is 0. The lowest BCUT2D eigenvalue weighted by Crippen LogP contribution is -2.51. The number of rotatable bonds is 6. The summed E-state index contributed by atoms with van der Waals surface area (Å²) in [6.07, 6.45) is 1.70. The van der Waals surface area contributed by atoms with E-state index in [0.29, 0.717) is 29.3 Å². The van der Waals surface area contributed by atoms with Crippen LogP contribution in [0.4, 0.5) is 14.5 Å². The summed E-state index contributed by atoms with van der Waals surface area (Å²) in [5, 5.41) is 11.5. The molecular formula is C22H24ClF2N3O. The molecule has 1 aliphatic heterocycles. The quantitative estimate of drug-likeness (QED) is 0.636. The van der Waals surface area contributed by atoms with Crippen molar-refractivity contribution in [3.63, 3.8) is 0 Å². The van der Waals surface area contributed by atoms with E-state index >= 15 is 0 Å². The minimum absolute atomic E-state index is 0.0474. The Balaban J connectivity index is 1.95. The van der Waals surface area contributed by atoms with E-state index in [1.165, 1.54) is 12.1 Å². The van der Waals surface area contributed by atoms with E-state index < -0.39 is 11.6 Å². The van der Waals surface area contributed by atoms with Crippen LogP contribution in [0.2, 0.25) is 5.02 Å². The molecule has 0 aliphatic carbocycles. The van der Waals surface area contributed by atoms with Gasteiger partial charge in [-0.05, 0) is 44.0 Å². The number of nitriles is 1. The molecule has 7 heteroatoms. The van der Waals surface area contributed by atoms with Gasteiger partial charge in [0.1, 0.15) is 17.7 Å². The first-order valence-corrected chi connectivity index (χ1v) is 10.1. The average Bonchev–Trinajstić information content (AvgIpc) is 2.72. The fourth-order valence-electron chi connectivity index (χ4n) is 3.46. The Bertz CT molecular complexity index is 902. The number of anilines is 1. The van der Waals surface area contributed by atoms with Crippen LogP contribution in [0.15, 0.2) is 36.4 Å². The highest BCUT2D eigenvalue weighted by Gasteiger charge is 2.29. The van der Waals surface area contributed by atoms with E-state index in [-0.39, 0.29) is 18.6 Å². The molecule has 0 amide bonds. The standard InChI is InChI=1S/C22H24ClF2N3O/c1-3-15(2)28-14-20(8-9-29-28)27(13-17-4-6-18(24)10-22(17)25)19-7-5-16(12-26)21(23)11-19/h4-7,10-11,15,20H,3,8-9,13-14H2,1-2H3/t15?,20-/m0/s1. The average molecular weight is 420 g/mol. The predicted octanol–water partition coefficient (Wildman–Crippen LogP) is 5.30. The molecular weight excluding hydrogens is 396 g/mol. The third kappa shape index (κ3) is 5.05. The molecule has 2 aromatic rings. The van der Waals surface area contributed by atoms with Gasteiger partial charge in [0.05, 0.1) is 17.2 Å². The van der Waals surface area contributed by atoms with Crippen molar-refractivity contribution in [1.82, 2.24) is 5.06 Å². The van der Waals surface area contributed by atoms with Crippen LogP contribution in [0.3, 0.4) is 0 Å². The fraction of sp³-hybridized carbons (Fsp3) is 0.409. The summed E-state index contributed by atoms with van der Waals surface area (Å²) in [6, 6.07) is 11.2. The molecule has 29 heavy (non-hydrogen) atoms. The van der Waals surface area contributed by atoms with Crippen LogP contribution in [0.25, 0.3) is 0 Å². The first-order chi connectivity index (χ1) is 13.9. The molecule has 1 aliphatic rings. The Labute approximate surface area is 175 Å². The smallest absolute Gasteiger partial charge is 0.131 e. The van der Waals surface area contributed by atoms with Crippen molar-refractivity contribution in [2.45, 2.75) is 45.3 Å². The van der Waals surface area contributed by atoms with Crippen LogP contribution < -0.4 is 4.90 Å². The number of hydrogen-bond acceptors (Lipinski definition) is 4. The van der Waals surface area contributed by atoms with Crippen molar-refractivity contribution in [3.8, 4) is 6.07 Å². The Morgan fingerprint density at radius 3 is 2.76 bits per heavy atom.